The number of esters is 1. The van der Waals surface area contributed by atoms with Crippen molar-refractivity contribution in [2.75, 3.05) is 0 Å². The van der Waals surface area contributed by atoms with E-state index in [1.54, 1.807) is 20.8 Å². The van der Waals surface area contributed by atoms with Crippen LogP contribution in [0, 0.1) is 0 Å². The number of carboxylic acids is 1. The number of hydrogen-bond acceptors (Lipinski definition) is 3. The maximum atomic E-state index is 11.3. The van der Waals surface area contributed by atoms with Gasteiger partial charge in [0.1, 0.15) is 5.60 Å². The van der Waals surface area contributed by atoms with Crippen molar-refractivity contribution in [2.24, 2.45) is 0 Å². The van der Waals surface area contributed by atoms with Gasteiger partial charge in [0.05, 0.1) is 0 Å². The predicted molar refractivity (Wildman–Crippen MR) is 56.4 cm³/mol. The fourth-order valence-electron chi connectivity index (χ4n) is 0.736. The molecule has 0 aliphatic rings. The predicted octanol–water partition coefficient (Wildman–Crippen LogP) is 1.92. The second kappa shape index (κ2) is 5.34. The number of carbonyl (C=O) groups excluding carboxylic acids is 1. The molecule has 1 N–H and O–H groups in total. The molecule has 0 aliphatic heterocycles. The molecule has 0 aliphatic carbocycles. The first kappa shape index (κ1) is 13.4. The maximum Gasteiger partial charge on any atom is 0.334 e. The van der Waals surface area contributed by atoms with Gasteiger partial charge in [-0.25, -0.2) is 9.59 Å². The molecule has 4 nitrogen and oxygen atoms in total. The van der Waals surface area contributed by atoms with E-state index in [2.05, 4.69) is 6.58 Å². The third kappa shape index (κ3) is 7.49. The number of ether oxygens (including phenoxy) is 1. The van der Waals surface area contributed by atoms with Gasteiger partial charge in [-0.15, -0.1) is 0 Å². The Morgan fingerprint density at radius 2 is 1.93 bits per heavy atom. The molecule has 0 amide bonds. The largest absolute Gasteiger partial charge is 0.478 e. The lowest BCUT2D eigenvalue weighted by Gasteiger charge is -2.19. The molecule has 0 bridgehead atoms. The van der Waals surface area contributed by atoms with E-state index in [4.69, 9.17) is 9.84 Å². The van der Waals surface area contributed by atoms with E-state index in [1.165, 1.54) is 6.08 Å². The van der Waals surface area contributed by atoms with Crippen LogP contribution >= 0.6 is 0 Å². The highest BCUT2D eigenvalue weighted by atomic mass is 16.6. The van der Waals surface area contributed by atoms with Gasteiger partial charge in [0, 0.05) is 11.6 Å². The zero-order valence-corrected chi connectivity index (χ0v) is 9.24. The Labute approximate surface area is 89.2 Å². The lowest BCUT2D eigenvalue weighted by atomic mass is 10.1. The molecule has 0 aromatic heterocycles. The Bertz CT molecular complexity index is 294. The molecule has 15 heavy (non-hydrogen) atoms. The molecule has 0 fully saturated rings. The monoisotopic (exact) mass is 212 g/mol. The Morgan fingerprint density at radius 3 is 2.33 bits per heavy atom. The minimum atomic E-state index is -1.05. The Balaban J connectivity index is 4.12. The van der Waals surface area contributed by atoms with Crippen LogP contribution in [0.25, 0.3) is 0 Å². The number of carboxylic acid groups (broad SMARTS) is 1. The van der Waals surface area contributed by atoms with E-state index < -0.39 is 17.5 Å². The fourth-order valence-corrected chi connectivity index (χ4v) is 0.736. The van der Waals surface area contributed by atoms with Crippen LogP contribution in [0.3, 0.4) is 0 Å². The molecule has 0 heterocycles. The van der Waals surface area contributed by atoms with Gasteiger partial charge in [-0.05, 0) is 27.2 Å². The summed E-state index contributed by atoms with van der Waals surface area (Å²) in [5, 5.41) is 8.32. The van der Waals surface area contributed by atoms with Gasteiger partial charge in [0.25, 0.3) is 0 Å². The first-order chi connectivity index (χ1) is 6.72. The van der Waals surface area contributed by atoms with Crippen molar-refractivity contribution in [2.45, 2.75) is 32.8 Å². The molecule has 0 aromatic rings. The molecule has 0 radical (unpaired) electrons. The van der Waals surface area contributed by atoms with Crippen LogP contribution in [0.1, 0.15) is 27.2 Å². The van der Waals surface area contributed by atoms with Crippen LogP contribution in [-0.2, 0) is 14.3 Å². The van der Waals surface area contributed by atoms with Crippen LogP contribution in [0.4, 0.5) is 0 Å². The molecule has 84 valence electrons. The summed E-state index contributed by atoms with van der Waals surface area (Å²) < 4.78 is 5.04. The quantitative estimate of drug-likeness (QED) is 0.571. The highest BCUT2D eigenvalue weighted by Crippen LogP contribution is 2.11. The van der Waals surface area contributed by atoms with Crippen molar-refractivity contribution in [3.63, 3.8) is 0 Å². The van der Waals surface area contributed by atoms with Gasteiger partial charge >= 0.3 is 11.9 Å². The topological polar surface area (TPSA) is 63.6 Å². The van der Waals surface area contributed by atoms with Crippen molar-refractivity contribution in [3.05, 3.63) is 24.3 Å². The van der Waals surface area contributed by atoms with E-state index in [0.717, 1.165) is 6.08 Å². The summed E-state index contributed by atoms with van der Waals surface area (Å²) in [4.78, 5) is 21.5. The number of aliphatic carboxylic acids is 1. The number of rotatable bonds is 4. The first-order valence-corrected chi connectivity index (χ1v) is 4.53. The molecule has 0 aromatic carbocycles. The van der Waals surface area contributed by atoms with Gasteiger partial charge in [-0.1, -0.05) is 12.7 Å². The molecule has 0 saturated heterocycles. The van der Waals surface area contributed by atoms with Crippen molar-refractivity contribution in [3.8, 4) is 0 Å². The average Bonchev–Trinajstić information content (AvgIpc) is 1.99. The second-order valence-corrected chi connectivity index (χ2v) is 4.05. The average molecular weight is 212 g/mol. The lowest BCUT2D eigenvalue weighted by molar-refractivity contribution is -0.150. The summed E-state index contributed by atoms with van der Waals surface area (Å²) in [5.41, 5.74) is -0.321. The number of allylic oxidation sites excluding steroid dienone is 1. The lowest BCUT2D eigenvalue weighted by Crippen LogP contribution is -2.24. The molecule has 4 heteroatoms. The summed E-state index contributed by atoms with van der Waals surface area (Å²) in [5.74, 6) is -1.55. The van der Waals surface area contributed by atoms with E-state index in [-0.39, 0.29) is 12.0 Å². The zero-order chi connectivity index (χ0) is 12.1. The molecule has 0 atom stereocenters. The van der Waals surface area contributed by atoms with Gasteiger partial charge in [-0.2, -0.15) is 0 Å². The van der Waals surface area contributed by atoms with Crippen LogP contribution in [0.15, 0.2) is 24.3 Å². The molecule has 0 spiro atoms. The minimum Gasteiger partial charge on any atom is -0.478 e. The third-order valence-electron chi connectivity index (χ3n) is 1.31. The Morgan fingerprint density at radius 1 is 1.40 bits per heavy atom. The van der Waals surface area contributed by atoms with Crippen LogP contribution < -0.4 is 0 Å². The zero-order valence-electron chi connectivity index (χ0n) is 9.24. The van der Waals surface area contributed by atoms with E-state index in [1.807, 2.05) is 0 Å². The fraction of sp³-hybridized carbons (Fsp3) is 0.455. The van der Waals surface area contributed by atoms with Gasteiger partial charge in [0.2, 0.25) is 0 Å². The van der Waals surface area contributed by atoms with Crippen molar-refractivity contribution in [1.82, 2.24) is 0 Å². The van der Waals surface area contributed by atoms with Crippen molar-refractivity contribution < 1.29 is 19.4 Å². The molecular weight excluding hydrogens is 196 g/mol. The van der Waals surface area contributed by atoms with Crippen LogP contribution in [0.5, 0.6) is 0 Å². The highest BCUT2D eigenvalue weighted by Gasteiger charge is 2.17. The van der Waals surface area contributed by atoms with E-state index in [0.29, 0.717) is 0 Å². The standard InChI is InChI=1S/C11H16O4/c1-8(6-5-7-9(12)13)10(14)15-11(2,3)4/h5,7H,1,6H2,2-4H3,(H,12,13). The Hall–Kier alpha value is -1.58. The third-order valence-corrected chi connectivity index (χ3v) is 1.31. The molecule has 0 unspecified atom stereocenters. The number of carbonyl (C=O) groups is 2. The summed E-state index contributed by atoms with van der Waals surface area (Å²) in [6.07, 6.45) is 2.51. The van der Waals surface area contributed by atoms with Gasteiger partial charge in [-0.3, -0.25) is 0 Å². The van der Waals surface area contributed by atoms with E-state index >= 15 is 0 Å². The summed E-state index contributed by atoms with van der Waals surface area (Å²) >= 11 is 0. The second-order valence-electron chi connectivity index (χ2n) is 4.05. The van der Waals surface area contributed by atoms with Crippen molar-refractivity contribution in [1.29, 1.82) is 0 Å². The maximum absolute atomic E-state index is 11.3. The Kier molecular flexibility index (Phi) is 4.78. The summed E-state index contributed by atoms with van der Waals surface area (Å²) in [7, 11) is 0. The van der Waals surface area contributed by atoms with Gasteiger partial charge in [0.15, 0.2) is 0 Å². The van der Waals surface area contributed by atoms with Crippen LogP contribution in [-0.4, -0.2) is 22.6 Å². The van der Waals surface area contributed by atoms with Gasteiger partial charge < -0.3 is 9.84 Å². The SMILES string of the molecule is C=C(CC=CC(=O)O)C(=O)OC(C)(C)C. The summed E-state index contributed by atoms with van der Waals surface area (Å²) in [6.45, 7) is 8.78. The van der Waals surface area contributed by atoms with Crippen molar-refractivity contribution >= 4 is 11.9 Å². The molecule has 0 saturated carbocycles. The minimum absolute atomic E-state index is 0.182. The normalized spacial score (nSPS) is 11.4. The smallest absolute Gasteiger partial charge is 0.334 e. The van der Waals surface area contributed by atoms with E-state index in [9.17, 15) is 9.59 Å². The first-order valence-electron chi connectivity index (χ1n) is 4.53. The number of hydrogen-bond donors (Lipinski definition) is 1. The highest BCUT2D eigenvalue weighted by molar-refractivity contribution is 5.88. The molecular formula is C11H16O4. The van der Waals surface area contributed by atoms with Crippen LogP contribution in [0.2, 0.25) is 0 Å². The molecule has 0 rings (SSSR count). The summed E-state index contributed by atoms with van der Waals surface area (Å²) in [6, 6.07) is 0.